The summed E-state index contributed by atoms with van der Waals surface area (Å²) in [5.41, 5.74) is 3.45. The Morgan fingerprint density at radius 2 is 2.19 bits per heavy atom. The van der Waals surface area contributed by atoms with Gasteiger partial charge in [0, 0.05) is 49.7 Å². The number of para-hydroxylation sites is 1. The molecule has 1 fully saturated rings. The summed E-state index contributed by atoms with van der Waals surface area (Å²) >= 11 is 1.46. The first-order valence-corrected chi connectivity index (χ1v) is 11.4. The van der Waals surface area contributed by atoms with Gasteiger partial charge in [-0.3, -0.25) is 9.69 Å². The molecular weight excluding hydrogens is 410 g/mol. The third-order valence-corrected chi connectivity index (χ3v) is 7.17. The Hall–Kier alpha value is -2.48. The highest BCUT2D eigenvalue weighted by Gasteiger charge is 2.32. The van der Waals surface area contributed by atoms with Gasteiger partial charge >= 0.3 is 0 Å². The minimum absolute atomic E-state index is 0.0362. The third kappa shape index (κ3) is 4.31. The fraction of sp³-hybridized carbons (Fsp3) is 0.417. The van der Waals surface area contributed by atoms with E-state index in [2.05, 4.69) is 41.1 Å². The topological polar surface area (TPSA) is 65.9 Å². The first-order chi connectivity index (χ1) is 15.0. The van der Waals surface area contributed by atoms with E-state index in [1.165, 1.54) is 16.9 Å². The van der Waals surface area contributed by atoms with Gasteiger partial charge in [-0.2, -0.15) is 0 Å². The third-order valence-electron chi connectivity index (χ3n) is 6.05. The van der Waals surface area contributed by atoms with E-state index >= 15 is 0 Å². The van der Waals surface area contributed by atoms with Crippen molar-refractivity contribution < 1.29 is 14.6 Å². The predicted octanol–water partition coefficient (Wildman–Crippen LogP) is 3.67. The van der Waals surface area contributed by atoms with Crippen LogP contribution in [-0.2, 0) is 6.54 Å². The minimum Gasteiger partial charge on any atom is -0.496 e. The molecule has 1 saturated heterocycles. The number of benzene rings is 1. The van der Waals surface area contributed by atoms with Crippen LogP contribution in [-0.4, -0.2) is 66.2 Å². The Balaban J connectivity index is 1.62. The number of aliphatic hydroxyl groups excluding tert-OH is 1. The summed E-state index contributed by atoms with van der Waals surface area (Å²) < 4.78 is 5.64. The molecule has 1 amide bonds. The number of aryl methyl sites for hydroxylation is 1. The van der Waals surface area contributed by atoms with Crippen molar-refractivity contribution in [3.8, 4) is 5.75 Å². The molecule has 3 aromatic rings. The monoisotopic (exact) mass is 439 g/mol. The Labute approximate surface area is 187 Å². The van der Waals surface area contributed by atoms with Gasteiger partial charge in [-0.05, 0) is 37.1 Å². The van der Waals surface area contributed by atoms with E-state index in [0.717, 1.165) is 58.0 Å². The maximum atomic E-state index is 13.1. The first kappa shape index (κ1) is 21.7. The quantitative estimate of drug-likeness (QED) is 0.609. The zero-order valence-electron chi connectivity index (χ0n) is 18.3. The average molecular weight is 440 g/mol. The fourth-order valence-corrected chi connectivity index (χ4v) is 5.75. The molecule has 1 N–H and O–H groups in total. The number of thiophene rings is 1. The summed E-state index contributed by atoms with van der Waals surface area (Å²) in [7, 11) is 3.47. The summed E-state index contributed by atoms with van der Waals surface area (Å²) in [6.07, 6.45) is 2.78. The highest BCUT2D eigenvalue weighted by molar-refractivity contribution is 7.20. The smallest absolute Gasteiger partial charge is 0.264 e. The van der Waals surface area contributed by atoms with Crippen molar-refractivity contribution in [3.63, 3.8) is 0 Å². The number of methoxy groups -OCH3 is 1. The van der Waals surface area contributed by atoms with E-state index in [-0.39, 0.29) is 18.4 Å². The molecule has 0 spiro atoms. The molecule has 4 rings (SSSR count). The number of nitrogens with zero attached hydrogens (tertiary/aromatic N) is 3. The van der Waals surface area contributed by atoms with Gasteiger partial charge in [0.15, 0.2) is 0 Å². The van der Waals surface area contributed by atoms with Crippen LogP contribution >= 0.6 is 11.3 Å². The van der Waals surface area contributed by atoms with E-state index in [9.17, 15) is 9.90 Å². The standard InChI is InChI=1S/C24H29N3O3S/c1-16-6-4-7-18(21(16)30-3)15-27-11-9-17(14-27)20-19-8-5-10-25-23(19)31-22(20)24(29)26(2)12-13-28/h4-8,10,17,28H,9,11-15H2,1-3H3/t17-/m0/s1. The molecule has 0 saturated carbocycles. The Kier molecular flexibility index (Phi) is 6.55. The molecule has 1 aliphatic rings. The molecule has 0 unspecified atom stereocenters. The molecule has 0 aliphatic carbocycles. The van der Waals surface area contributed by atoms with Crippen LogP contribution in [0.5, 0.6) is 5.75 Å². The van der Waals surface area contributed by atoms with Crippen LogP contribution < -0.4 is 4.74 Å². The van der Waals surface area contributed by atoms with Crippen LogP contribution in [0, 0.1) is 6.92 Å². The molecular formula is C24H29N3O3S. The van der Waals surface area contributed by atoms with Crippen LogP contribution in [0.15, 0.2) is 36.5 Å². The van der Waals surface area contributed by atoms with Gasteiger partial charge in [-0.1, -0.05) is 24.3 Å². The van der Waals surface area contributed by atoms with Gasteiger partial charge < -0.3 is 14.7 Å². The number of aliphatic hydroxyl groups is 1. The molecule has 6 nitrogen and oxygen atoms in total. The van der Waals surface area contributed by atoms with Crippen molar-refractivity contribution in [3.05, 3.63) is 58.1 Å². The van der Waals surface area contributed by atoms with E-state index in [0.29, 0.717) is 6.54 Å². The highest BCUT2D eigenvalue weighted by Crippen LogP contribution is 2.40. The second-order valence-corrected chi connectivity index (χ2v) is 9.14. The van der Waals surface area contributed by atoms with Crippen molar-refractivity contribution in [2.24, 2.45) is 0 Å². The number of rotatable bonds is 7. The van der Waals surface area contributed by atoms with Crippen LogP contribution in [0.2, 0.25) is 0 Å². The summed E-state index contributed by atoms with van der Waals surface area (Å²) in [6, 6.07) is 10.3. The SMILES string of the molecule is COc1c(C)cccc1CN1CC[C@H](c2c(C(=O)N(C)CCO)sc3ncccc23)C1. The van der Waals surface area contributed by atoms with E-state index < -0.39 is 0 Å². The van der Waals surface area contributed by atoms with Crippen LogP contribution in [0.1, 0.15) is 38.7 Å². The van der Waals surface area contributed by atoms with E-state index in [4.69, 9.17) is 4.74 Å². The van der Waals surface area contributed by atoms with Gasteiger partial charge in [0.2, 0.25) is 0 Å². The highest BCUT2D eigenvalue weighted by atomic mass is 32.1. The molecule has 0 radical (unpaired) electrons. The number of hydrogen-bond acceptors (Lipinski definition) is 6. The largest absolute Gasteiger partial charge is 0.496 e. The lowest BCUT2D eigenvalue weighted by atomic mass is 9.95. The first-order valence-electron chi connectivity index (χ1n) is 10.6. The van der Waals surface area contributed by atoms with Crippen LogP contribution in [0.3, 0.4) is 0 Å². The lowest BCUT2D eigenvalue weighted by Crippen LogP contribution is -2.29. The Bertz CT molecular complexity index is 1080. The summed E-state index contributed by atoms with van der Waals surface area (Å²) in [5, 5.41) is 10.3. The number of hydrogen-bond donors (Lipinski definition) is 1. The maximum absolute atomic E-state index is 13.1. The molecule has 0 bridgehead atoms. The van der Waals surface area contributed by atoms with E-state index in [1.54, 1.807) is 25.3 Å². The number of carbonyl (C=O) groups is 1. The van der Waals surface area contributed by atoms with Crippen molar-refractivity contribution >= 4 is 27.5 Å². The molecule has 1 aromatic carbocycles. The van der Waals surface area contributed by atoms with E-state index in [1.807, 2.05) is 6.07 Å². The average Bonchev–Trinajstić information content (AvgIpc) is 3.37. The summed E-state index contributed by atoms with van der Waals surface area (Å²) in [5.74, 6) is 1.19. The Morgan fingerprint density at radius 1 is 1.35 bits per heavy atom. The second kappa shape index (κ2) is 9.34. The van der Waals surface area contributed by atoms with Gasteiger partial charge in [0.25, 0.3) is 5.91 Å². The zero-order chi connectivity index (χ0) is 22.0. The number of fused-ring (bicyclic) bond motifs is 1. The van der Waals surface area contributed by atoms with Crippen LogP contribution in [0.25, 0.3) is 10.2 Å². The van der Waals surface area contributed by atoms with Crippen molar-refractivity contribution in [2.45, 2.75) is 25.8 Å². The number of ether oxygens (including phenoxy) is 1. The lowest BCUT2D eigenvalue weighted by Gasteiger charge is -2.20. The van der Waals surface area contributed by atoms with Gasteiger partial charge in [0.05, 0.1) is 18.6 Å². The van der Waals surface area contributed by atoms with Crippen LogP contribution in [0.4, 0.5) is 0 Å². The molecule has 7 heteroatoms. The number of aromatic nitrogens is 1. The second-order valence-electron chi connectivity index (χ2n) is 8.14. The minimum atomic E-state index is -0.0454. The lowest BCUT2D eigenvalue weighted by molar-refractivity contribution is 0.0770. The number of pyridine rings is 1. The van der Waals surface area contributed by atoms with Gasteiger partial charge in [-0.25, -0.2) is 4.98 Å². The van der Waals surface area contributed by atoms with Crippen molar-refractivity contribution in [1.29, 1.82) is 0 Å². The Morgan fingerprint density at radius 3 is 2.97 bits per heavy atom. The molecule has 1 aliphatic heterocycles. The van der Waals surface area contributed by atoms with Gasteiger partial charge in [0.1, 0.15) is 10.6 Å². The predicted molar refractivity (Wildman–Crippen MR) is 124 cm³/mol. The summed E-state index contributed by atoms with van der Waals surface area (Å²) in [4.78, 5) is 23.3. The number of likely N-dealkylation sites (tertiary alicyclic amines) is 1. The number of carbonyl (C=O) groups excluding carboxylic acids is 1. The normalized spacial score (nSPS) is 16.7. The van der Waals surface area contributed by atoms with Crippen molar-refractivity contribution in [1.82, 2.24) is 14.8 Å². The number of likely N-dealkylation sites (N-methyl/N-ethyl adjacent to an activating group) is 1. The molecule has 164 valence electrons. The fourth-order valence-electron chi connectivity index (χ4n) is 4.52. The molecule has 2 aromatic heterocycles. The molecule has 3 heterocycles. The summed E-state index contributed by atoms with van der Waals surface area (Å²) in [6.45, 7) is 5.04. The molecule has 1 atom stereocenters. The molecule has 31 heavy (non-hydrogen) atoms. The maximum Gasteiger partial charge on any atom is 0.264 e. The number of amides is 1. The van der Waals surface area contributed by atoms with Gasteiger partial charge in [-0.15, -0.1) is 11.3 Å². The zero-order valence-corrected chi connectivity index (χ0v) is 19.1. The van der Waals surface area contributed by atoms with Crippen molar-refractivity contribution in [2.75, 3.05) is 40.4 Å².